The molecular weight excluding hydrogens is 380 g/mol. The van der Waals surface area contributed by atoms with Crippen LogP contribution in [0.3, 0.4) is 0 Å². The number of rotatable bonds is 6. The number of benzene rings is 1. The van der Waals surface area contributed by atoms with Crippen LogP contribution in [0.2, 0.25) is 0 Å². The number of pyridine rings is 1. The Morgan fingerprint density at radius 1 is 1.20 bits per heavy atom. The van der Waals surface area contributed by atoms with Crippen LogP contribution in [0.4, 0.5) is 11.4 Å². The van der Waals surface area contributed by atoms with Gasteiger partial charge in [0.1, 0.15) is 17.2 Å². The quantitative estimate of drug-likeness (QED) is 0.518. The molecule has 0 aliphatic carbocycles. The van der Waals surface area contributed by atoms with Crippen LogP contribution < -0.4 is 10.1 Å². The molecule has 1 aromatic carbocycles. The lowest BCUT2D eigenvalue weighted by molar-refractivity contribution is 0.237. The van der Waals surface area contributed by atoms with E-state index in [1.54, 1.807) is 7.11 Å². The molecule has 0 saturated carbocycles. The van der Waals surface area contributed by atoms with Crippen LogP contribution in [0.15, 0.2) is 53.2 Å². The topological polar surface area (TPSA) is 80.7 Å². The highest BCUT2D eigenvalue weighted by Crippen LogP contribution is 2.34. The van der Waals surface area contributed by atoms with Gasteiger partial charge in [0.15, 0.2) is 0 Å². The lowest BCUT2D eigenvalue weighted by Crippen LogP contribution is -2.23. The van der Waals surface area contributed by atoms with Crippen molar-refractivity contribution in [3.8, 4) is 5.75 Å². The summed E-state index contributed by atoms with van der Waals surface area (Å²) in [6.45, 7) is 3.70. The van der Waals surface area contributed by atoms with Crippen LogP contribution >= 0.6 is 0 Å². The molecule has 0 amide bonds. The van der Waals surface area contributed by atoms with Crippen molar-refractivity contribution in [3.05, 3.63) is 65.8 Å². The van der Waals surface area contributed by atoms with Gasteiger partial charge in [-0.15, -0.1) is 5.10 Å². The van der Waals surface area contributed by atoms with Crippen LogP contribution in [-0.4, -0.2) is 38.5 Å². The summed E-state index contributed by atoms with van der Waals surface area (Å²) in [6, 6.07) is 14.2. The summed E-state index contributed by atoms with van der Waals surface area (Å²) >= 11 is 0. The van der Waals surface area contributed by atoms with Crippen LogP contribution in [0, 0.1) is 6.92 Å². The summed E-state index contributed by atoms with van der Waals surface area (Å²) in [6.07, 6.45) is 4.16. The molecule has 30 heavy (non-hydrogen) atoms. The normalized spacial score (nSPS) is 16.9. The summed E-state index contributed by atoms with van der Waals surface area (Å²) < 4.78 is 12.4. The molecule has 8 heteroatoms. The number of aromatic nitrogens is 4. The van der Waals surface area contributed by atoms with E-state index in [9.17, 15) is 0 Å². The van der Waals surface area contributed by atoms with Crippen LogP contribution in [-0.2, 0) is 6.54 Å². The Balaban J connectivity index is 1.38. The summed E-state index contributed by atoms with van der Waals surface area (Å²) in [5, 5.41) is 16.5. The van der Waals surface area contributed by atoms with Crippen molar-refractivity contribution >= 4 is 16.9 Å². The molecule has 1 aliphatic heterocycles. The number of nitrogens with one attached hydrogen (secondary N) is 1. The first-order valence-electron chi connectivity index (χ1n) is 10.1. The molecule has 1 fully saturated rings. The van der Waals surface area contributed by atoms with E-state index in [1.165, 1.54) is 0 Å². The number of fused-ring (bicyclic) bond motifs is 1. The highest BCUT2D eigenvalue weighted by atomic mass is 16.5. The van der Waals surface area contributed by atoms with Crippen molar-refractivity contribution in [1.82, 2.24) is 24.9 Å². The minimum atomic E-state index is 0.233. The molecule has 3 aromatic heterocycles. The smallest absolute Gasteiger partial charge is 0.133 e. The Morgan fingerprint density at radius 2 is 2.13 bits per heavy atom. The standard InChI is InChI=1S/C22H24N6O2/c1-15-11-18(25-30-15)13-27-10-4-7-20(27)22-21-9-8-17(14-28(21)26-24-22)23-16-5-3-6-19(12-16)29-2/h3,5-6,8-9,11-12,14,20,23H,4,7,10,13H2,1-2H3. The third-order valence-electron chi connectivity index (χ3n) is 5.52. The fourth-order valence-electron chi connectivity index (χ4n) is 4.12. The molecule has 4 heterocycles. The Kier molecular flexibility index (Phi) is 4.84. The van der Waals surface area contributed by atoms with Gasteiger partial charge in [-0.3, -0.25) is 4.90 Å². The number of hydrogen-bond donors (Lipinski definition) is 1. The van der Waals surface area contributed by atoms with E-state index >= 15 is 0 Å². The van der Waals surface area contributed by atoms with Gasteiger partial charge in [0.2, 0.25) is 0 Å². The van der Waals surface area contributed by atoms with Gasteiger partial charge in [-0.05, 0) is 50.6 Å². The van der Waals surface area contributed by atoms with Gasteiger partial charge < -0.3 is 14.6 Å². The van der Waals surface area contributed by atoms with E-state index in [2.05, 4.69) is 37.8 Å². The molecular formula is C22H24N6O2. The average Bonchev–Trinajstić information content (AvgIpc) is 3.48. The first kappa shape index (κ1) is 18.6. The van der Waals surface area contributed by atoms with Gasteiger partial charge in [0.05, 0.1) is 36.2 Å². The number of hydrogen-bond acceptors (Lipinski definition) is 7. The monoisotopic (exact) mass is 404 g/mol. The van der Waals surface area contributed by atoms with Gasteiger partial charge in [-0.2, -0.15) is 0 Å². The second kappa shape index (κ2) is 7.79. The second-order valence-corrected chi connectivity index (χ2v) is 7.64. The van der Waals surface area contributed by atoms with Crippen molar-refractivity contribution in [1.29, 1.82) is 0 Å². The Bertz CT molecular complexity index is 1170. The molecule has 4 aromatic rings. The maximum absolute atomic E-state index is 5.29. The fraction of sp³-hybridized carbons (Fsp3) is 0.318. The first-order valence-corrected chi connectivity index (χ1v) is 10.1. The van der Waals surface area contributed by atoms with Crippen molar-refractivity contribution < 1.29 is 9.26 Å². The molecule has 1 unspecified atom stereocenters. The molecule has 1 atom stereocenters. The lowest BCUT2D eigenvalue weighted by atomic mass is 10.1. The highest BCUT2D eigenvalue weighted by Gasteiger charge is 2.30. The zero-order valence-corrected chi connectivity index (χ0v) is 17.1. The van der Waals surface area contributed by atoms with Crippen molar-refractivity contribution in [2.24, 2.45) is 0 Å². The van der Waals surface area contributed by atoms with E-state index < -0.39 is 0 Å². The van der Waals surface area contributed by atoms with E-state index in [0.717, 1.165) is 65.7 Å². The van der Waals surface area contributed by atoms with Crippen LogP contribution in [0.5, 0.6) is 5.75 Å². The lowest BCUT2D eigenvalue weighted by Gasteiger charge is -2.21. The van der Waals surface area contributed by atoms with Crippen LogP contribution in [0.1, 0.15) is 36.0 Å². The maximum atomic E-state index is 5.29. The molecule has 8 nitrogen and oxygen atoms in total. The van der Waals surface area contributed by atoms with E-state index in [-0.39, 0.29) is 6.04 Å². The molecule has 5 rings (SSSR count). The van der Waals surface area contributed by atoms with Gasteiger partial charge >= 0.3 is 0 Å². The van der Waals surface area contributed by atoms with Gasteiger partial charge in [-0.25, -0.2) is 4.52 Å². The van der Waals surface area contributed by atoms with Crippen molar-refractivity contribution in [2.75, 3.05) is 19.0 Å². The molecule has 154 valence electrons. The SMILES string of the molecule is COc1cccc(Nc2ccc3c(C4CCCN4Cc4cc(C)on4)nnn3c2)c1. The molecule has 0 radical (unpaired) electrons. The summed E-state index contributed by atoms with van der Waals surface area (Å²) in [5.41, 5.74) is 4.90. The van der Waals surface area contributed by atoms with Crippen LogP contribution in [0.25, 0.3) is 5.52 Å². The summed E-state index contributed by atoms with van der Waals surface area (Å²) in [7, 11) is 1.66. The molecule has 1 saturated heterocycles. The zero-order chi connectivity index (χ0) is 20.5. The summed E-state index contributed by atoms with van der Waals surface area (Å²) in [5.74, 6) is 1.65. The molecule has 1 N–H and O–H groups in total. The molecule has 1 aliphatic rings. The van der Waals surface area contributed by atoms with E-state index in [4.69, 9.17) is 9.26 Å². The fourth-order valence-corrected chi connectivity index (χ4v) is 4.12. The third kappa shape index (κ3) is 3.61. The molecule has 0 spiro atoms. The Hall–Kier alpha value is -3.39. The largest absolute Gasteiger partial charge is 0.497 e. The van der Waals surface area contributed by atoms with E-state index in [0.29, 0.717) is 0 Å². The zero-order valence-electron chi connectivity index (χ0n) is 17.1. The maximum Gasteiger partial charge on any atom is 0.133 e. The highest BCUT2D eigenvalue weighted by molar-refractivity contribution is 5.64. The predicted octanol–water partition coefficient (Wildman–Crippen LogP) is 4.12. The number of aryl methyl sites for hydroxylation is 1. The summed E-state index contributed by atoms with van der Waals surface area (Å²) in [4.78, 5) is 2.41. The van der Waals surface area contributed by atoms with Gasteiger partial charge in [-0.1, -0.05) is 16.4 Å². The minimum Gasteiger partial charge on any atom is -0.497 e. The average molecular weight is 404 g/mol. The molecule has 0 bridgehead atoms. The number of nitrogens with zero attached hydrogens (tertiary/aromatic N) is 5. The Morgan fingerprint density at radius 3 is 2.97 bits per heavy atom. The third-order valence-corrected chi connectivity index (χ3v) is 5.52. The van der Waals surface area contributed by atoms with Crippen molar-refractivity contribution in [2.45, 2.75) is 32.4 Å². The predicted molar refractivity (Wildman–Crippen MR) is 113 cm³/mol. The number of likely N-dealkylation sites (tertiary alicyclic amines) is 1. The van der Waals surface area contributed by atoms with Gasteiger partial charge in [0, 0.05) is 24.4 Å². The second-order valence-electron chi connectivity index (χ2n) is 7.64. The number of ether oxygens (including phenoxy) is 1. The Labute approximate surface area is 174 Å². The number of methoxy groups -OCH3 is 1. The first-order chi connectivity index (χ1) is 14.7. The van der Waals surface area contributed by atoms with Gasteiger partial charge in [0.25, 0.3) is 0 Å². The number of anilines is 2. The van der Waals surface area contributed by atoms with E-state index in [1.807, 2.05) is 48.0 Å². The van der Waals surface area contributed by atoms with Crippen molar-refractivity contribution in [3.63, 3.8) is 0 Å². The minimum absolute atomic E-state index is 0.233.